The smallest absolute Gasteiger partial charge is 0.330 e. The molecule has 1 fully saturated rings. The number of benzene rings is 2. The predicted octanol–water partition coefficient (Wildman–Crippen LogP) is 8.69. The Morgan fingerprint density at radius 3 is 2.40 bits per heavy atom. The molecule has 224 valence electrons. The average Bonchev–Trinajstić information content (AvgIpc) is 3.46. The molecule has 0 aliphatic heterocycles. The van der Waals surface area contributed by atoms with Gasteiger partial charge in [-0.3, -0.25) is 14.2 Å². The first-order valence-corrected chi connectivity index (χ1v) is 15.0. The molecule has 5 rings (SSSR count). The standard InChI is InChI=1S/C29H20Cl6N2O6/c1-14-12-37(19-5-2-4-15(21(14)19)6-7-20(38)42-13-29(33,34)35)26(39)23-24(22-17(31)10-16(30)11-18(22)32)36-43-25(23)28(27(40)41)8-3-9-28/h2,4-7,10-12H,3,8-9,13H2,1H3,(H,40,41)/b7-6+. The Morgan fingerprint density at radius 2 is 1.81 bits per heavy atom. The fourth-order valence-electron chi connectivity index (χ4n) is 5.12. The highest BCUT2D eigenvalue weighted by Crippen LogP contribution is 2.49. The number of hydrogen-bond donors (Lipinski definition) is 1. The van der Waals surface area contributed by atoms with Crippen molar-refractivity contribution < 1.29 is 28.8 Å². The Bertz CT molecular complexity index is 1790. The summed E-state index contributed by atoms with van der Waals surface area (Å²) in [5, 5.41) is 15.4. The maximum Gasteiger partial charge on any atom is 0.330 e. The molecule has 0 atom stereocenters. The van der Waals surface area contributed by atoms with Gasteiger partial charge in [-0.15, -0.1) is 0 Å². The Hall–Kier alpha value is -2.72. The number of aliphatic carboxylic acids is 1. The van der Waals surface area contributed by atoms with Crippen LogP contribution in [-0.2, 0) is 19.7 Å². The minimum Gasteiger partial charge on any atom is -0.480 e. The molecule has 2 heterocycles. The summed E-state index contributed by atoms with van der Waals surface area (Å²) >= 11 is 36.0. The summed E-state index contributed by atoms with van der Waals surface area (Å²) in [6, 6.07) is 8.04. The molecule has 1 N–H and O–H groups in total. The summed E-state index contributed by atoms with van der Waals surface area (Å²) < 4.78 is 10.2. The quantitative estimate of drug-likeness (QED) is 0.116. The van der Waals surface area contributed by atoms with Crippen LogP contribution in [0.5, 0.6) is 0 Å². The number of alkyl halides is 3. The van der Waals surface area contributed by atoms with E-state index in [2.05, 4.69) is 5.16 Å². The fraction of sp³-hybridized carbons (Fsp3) is 0.241. The molecule has 2 aromatic heterocycles. The topological polar surface area (TPSA) is 112 Å². The van der Waals surface area contributed by atoms with Crippen LogP contribution in [-0.4, -0.2) is 43.1 Å². The van der Waals surface area contributed by atoms with E-state index in [9.17, 15) is 19.5 Å². The van der Waals surface area contributed by atoms with Crippen molar-refractivity contribution in [3.63, 3.8) is 0 Å². The number of esters is 1. The van der Waals surface area contributed by atoms with Gasteiger partial charge in [0.1, 0.15) is 23.3 Å². The summed E-state index contributed by atoms with van der Waals surface area (Å²) in [7, 11) is 0. The van der Waals surface area contributed by atoms with Gasteiger partial charge >= 0.3 is 11.9 Å². The van der Waals surface area contributed by atoms with Gasteiger partial charge in [-0.05, 0) is 55.2 Å². The van der Waals surface area contributed by atoms with E-state index in [1.807, 2.05) is 0 Å². The number of aromatic nitrogens is 2. The number of aryl methyl sites for hydroxylation is 1. The normalized spacial score (nSPS) is 14.7. The SMILES string of the molecule is Cc1cn(C(=O)c2c(-c3c(Cl)cc(Cl)cc3Cl)noc2C2(C(=O)O)CCC2)c2cccc(/C=C/C(=O)OCC(Cl)(Cl)Cl)c12. The van der Waals surface area contributed by atoms with Crippen molar-refractivity contribution in [3.05, 3.63) is 80.1 Å². The average molecular weight is 705 g/mol. The van der Waals surface area contributed by atoms with Gasteiger partial charge in [0, 0.05) is 28.2 Å². The lowest BCUT2D eigenvalue weighted by Crippen LogP contribution is -2.43. The van der Waals surface area contributed by atoms with Crippen molar-refractivity contribution in [1.29, 1.82) is 0 Å². The molecule has 4 aromatic rings. The largest absolute Gasteiger partial charge is 0.480 e. The van der Waals surface area contributed by atoms with Gasteiger partial charge in [0.05, 0.1) is 15.6 Å². The summed E-state index contributed by atoms with van der Waals surface area (Å²) in [6.07, 6.45) is 5.44. The molecule has 0 spiro atoms. The molecule has 0 saturated heterocycles. The van der Waals surface area contributed by atoms with Crippen molar-refractivity contribution in [3.8, 4) is 11.3 Å². The van der Waals surface area contributed by atoms with Gasteiger partial charge in [0.25, 0.3) is 5.91 Å². The third kappa shape index (κ3) is 6.01. The first-order valence-electron chi connectivity index (χ1n) is 12.7. The van der Waals surface area contributed by atoms with Gasteiger partial charge in [0.15, 0.2) is 5.76 Å². The Balaban J connectivity index is 1.64. The minimum atomic E-state index is -1.75. The molecule has 0 amide bonds. The number of carboxylic acids is 1. The zero-order valence-electron chi connectivity index (χ0n) is 22.1. The van der Waals surface area contributed by atoms with Gasteiger partial charge in [-0.25, -0.2) is 4.79 Å². The van der Waals surface area contributed by atoms with E-state index in [0.29, 0.717) is 28.5 Å². The van der Waals surface area contributed by atoms with Crippen molar-refractivity contribution in [2.45, 2.75) is 35.4 Å². The van der Waals surface area contributed by atoms with Crippen LogP contribution >= 0.6 is 69.6 Å². The molecule has 0 unspecified atom stereocenters. The van der Waals surface area contributed by atoms with Crippen molar-refractivity contribution in [2.24, 2.45) is 0 Å². The van der Waals surface area contributed by atoms with Crippen molar-refractivity contribution >= 4 is 104 Å². The molecular formula is C29H20Cl6N2O6. The first kappa shape index (κ1) is 31.7. The maximum absolute atomic E-state index is 14.4. The van der Waals surface area contributed by atoms with Crippen LogP contribution in [0, 0.1) is 6.92 Å². The van der Waals surface area contributed by atoms with Crippen LogP contribution in [0.3, 0.4) is 0 Å². The molecule has 2 aromatic carbocycles. The lowest BCUT2D eigenvalue weighted by Gasteiger charge is -2.35. The monoisotopic (exact) mass is 702 g/mol. The highest BCUT2D eigenvalue weighted by molar-refractivity contribution is 6.67. The summed E-state index contributed by atoms with van der Waals surface area (Å²) in [5.74, 6) is -2.56. The number of carbonyl (C=O) groups is 3. The second-order valence-corrected chi connectivity index (χ2v) is 13.8. The zero-order chi connectivity index (χ0) is 31.3. The first-order chi connectivity index (χ1) is 20.2. The number of carboxylic acid groups (broad SMARTS) is 1. The second-order valence-electron chi connectivity index (χ2n) is 10.0. The second kappa shape index (κ2) is 12.0. The Morgan fingerprint density at radius 1 is 1.14 bits per heavy atom. The van der Waals surface area contributed by atoms with Crippen LogP contribution in [0.1, 0.15) is 46.5 Å². The van der Waals surface area contributed by atoms with E-state index >= 15 is 0 Å². The van der Waals surface area contributed by atoms with Crippen molar-refractivity contribution in [1.82, 2.24) is 9.72 Å². The molecule has 1 aliphatic rings. The van der Waals surface area contributed by atoms with Gasteiger partial charge in [0.2, 0.25) is 3.79 Å². The number of ether oxygens (including phenoxy) is 1. The van der Waals surface area contributed by atoms with E-state index in [1.54, 1.807) is 31.3 Å². The van der Waals surface area contributed by atoms with E-state index in [0.717, 1.165) is 0 Å². The highest BCUT2D eigenvalue weighted by atomic mass is 35.6. The van der Waals surface area contributed by atoms with Crippen LogP contribution in [0.15, 0.2) is 47.1 Å². The number of rotatable bonds is 7. The Kier molecular flexibility index (Phi) is 8.84. The maximum atomic E-state index is 14.4. The molecule has 14 heteroatoms. The molecule has 8 nitrogen and oxygen atoms in total. The van der Waals surface area contributed by atoms with Crippen LogP contribution < -0.4 is 0 Å². The zero-order valence-corrected chi connectivity index (χ0v) is 26.6. The molecule has 1 saturated carbocycles. The van der Waals surface area contributed by atoms with Crippen molar-refractivity contribution in [2.75, 3.05) is 6.61 Å². The summed E-state index contributed by atoms with van der Waals surface area (Å²) in [4.78, 5) is 39.1. The number of halogens is 6. The van der Waals surface area contributed by atoms with E-state index in [4.69, 9.17) is 78.9 Å². The lowest BCUT2D eigenvalue weighted by atomic mass is 9.66. The van der Waals surface area contributed by atoms with E-state index in [-0.39, 0.29) is 50.5 Å². The van der Waals surface area contributed by atoms with Gasteiger partial charge in [-0.1, -0.05) is 93.3 Å². The number of carbonyl (C=O) groups excluding carboxylic acids is 2. The molecule has 0 radical (unpaired) electrons. The van der Waals surface area contributed by atoms with Gasteiger partial charge in [-0.2, -0.15) is 0 Å². The van der Waals surface area contributed by atoms with Gasteiger partial charge < -0.3 is 14.4 Å². The van der Waals surface area contributed by atoms with Crippen LogP contribution in [0.4, 0.5) is 0 Å². The number of hydrogen-bond acceptors (Lipinski definition) is 6. The number of fused-ring (bicyclic) bond motifs is 1. The van der Waals surface area contributed by atoms with Crippen LogP contribution in [0.25, 0.3) is 28.2 Å². The summed E-state index contributed by atoms with van der Waals surface area (Å²) in [6.45, 7) is 1.36. The molecule has 1 aliphatic carbocycles. The lowest BCUT2D eigenvalue weighted by molar-refractivity contribution is -0.148. The van der Waals surface area contributed by atoms with Crippen LogP contribution in [0.2, 0.25) is 15.1 Å². The highest BCUT2D eigenvalue weighted by Gasteiger charge is 2.52. The third-order valence-electron chi connectivity index (χ3n) is 7.25. The van der Waals surface area contributed by atoms with E-state index < -0.39 is 33.7 Å². The third-order valence-corrected chi connectivity index (χ3v) is 8.39. The fourth-order valence-corrected chi connectivity index (χ4v) is 6.28. The van der Waals surface area contributed by atoms with E-state index in [1.165, 1.54) is 28.9 Å². The molecule has 43 heavy (non-hydrogen) atoms. The number of nitrogens with zero attached hydrogens (tertiary/aromatic N) is 2. The minimum absolute atomic E-state index is 0.00793. The molecule has 0 bridgehead atoms. The predicted molar refractivity (Wildman–Crippen MR) is 167 cm³/mol. The summed E-state index contributed by atoms with van der Waals surface area (Å²) in [5.41, 5.74) is 0.410. The molecular weight excluding hydrogens is 685 g/mol. The Labute approximate surface area is 275 Å².